The fourth-order valence-electron chi connectivity index (χ4n) is 2.61. The van der Waals surface area contributed by atoms with Crippen LogP contribution in [0, 0.1) is 0 Å². The minimum absolute atomic E-state index is 0.577. The van der Waals surface area contributed by atoms with E-state index >= 15 is 0 Å². The van der Waals surface area contributed by atoms with Gasteiger partial charge in [0.25, 0.3) is 0 Å². The second-order valence-corrected chi connectivity index (χ2v) is 13.2. The van der Waals surface area contributed by atoms with Gasteiger partial charge < -0.3 is 5.11 Å². The van der Waals surface area contributed by atoms with E-state index < -0.39 is 8.07 Å². The molecule has 1 nitrogen and oxygen atoms in total. The zero-order valence-corrected chi connectivity index (χ0v) is 15.8. The molecule has 0 saturated carbocycles. The summed E-state index contributed by atoms with van der Waals surface area (Å²) in [6.07, 6.45) is 7.90. The predicted molar refractivity (Wildman–Crippen MR) is 97.2 cm³/mol. The van der Waals surface area contributed by atoms with Crippen molar-refractivity contribution in [1.29, 1.82) is 0 Å². The molecule has 0 heterocycles. The molecule has 1 rings (SSSR count). The Labute approximate surface area is 132 Å². The van der Waals surface area contributed by atoms with Crippen LogP contribution >= 0.6 is 0 Å². The van der Waals surface area contributed by atoms with Crippen LogP contribution in [0.1, 0.15) is 56.2 Å². The fourth-order valence-corrected chi connectivity index (χ4v) is 3.65. The predicted octanol–water partition coefficient (Wildman–Crippen LogP) is 5.96. The average molecular weight is 307 g/mol. The van der Waals surface area contributed by atoms with Gasteiger partial charge in [0, 0.05) is 8.07 Å². The van der Waals surface area contributed by atoms with Crippen LogP contribution in [-0.4, -0.2) is 13.2 Å². The van der Waals surface area contributed by atoms with E-state index in [0.29, 0.717) is 5.75 Å². The van der Waals surface area contributed by atoms with Crippen LogP contribution in [0.3, 0.4) is 0 Å². The molecule has 0 spiro atoms. The smallest absolute Gasteiger partial charge is 0.121 e. The van der Waals surface area contributed by atoms with Gasteiger partial charge in [0.1, 0.15) is 5.75 Å². The minimum Gasteiger partial charge on any atom is -0.507 e. The molecule has 1 N–H and O–H groups in total. The molecule has 0 amide bonds. The van der Waals surface area contributed by atoms with Crippen LogP contribution in [0.5, 0.6) is 5.75 Å². The van der Waals surface area contributed by atoms with Crippen LogP contribution in [-0.2, 0) is 19.3 Å². The summed E-state index contributed by atoms with van der Waals surface area (Å²) >= 11 is 0. The van der Waals surface area contributed by atoms with E-state index in [1.54, 1.807) is 0 Å². The van der Waals surface area contributed by atoms with Crippen LogP contribution in [0.15, 0.2) is 12.1 Å². The Hall–Kier alpha value is -0.763. The van der Waals surface area contributed by atoms with Crippen molar-refractivity contribution in [2.24, 2.45) is 0 Å². The normalized spacial score (nSPS) is 11.9. The summed E-state index contributed by atoms with van der Waals surface area (Å²) in [5.41, 5.74) is 3.79. The molecule has 0 radical (unpaired) electrons. The van der Waals surface area contributed by atoms with Crippen molar-refractivity contribution in [2.75, 3.05) is 0 Å². The monoisotopic (exact) mass is 306 g/mol. The lowest BCUT2D eigenvalue weighted by Crippen LogP contribution is -2.20. The van der Waals surface area contributed by atoms with Crippen molar-refractivity contribution in [2.45, 2.75) is 84.5 Å². The van der Waals surface area contributed by atoms with Gasteiger partial charge in [-0.25, -0.2) is 0 Å². The quantitative estimate of drug-likeness (QED) is 0.558. The Morgan fingerprint density at radius 1 is 0.857 bits per heavy atom. The van der Waals surface area contributed by atoms with Crippen molar-refractivity contribution < 1.29 is 5.11 Å². The first kappa shape index (κ1) is 18.3. The van der Waals surface area contributed by atoms with Gasteiger partial charge in [-0.1, -0.05) is 64.5 Å². The Morgan fingerprint density at radius 3 is 1.71 bits per heavy atom. The second-order valence-electron chi connectivity index (χ2n) is 7.53. The van der Waals surface area contributed by atoms with Gasteiger partial charge in [0.2, 0.25) is 0 Å². The number of rotatable bonds is 9. The van der Waals surface area contributed by atoms with Gasteiger partial charge in [-0.05, 0) is 48.8 Å². The molecule has 0 atom stereocenters. The zero-order valence-electron chi connectivity index (χ0n) is 14.8. The Bertz CT molecular complexity index is 403. The number of hydrogen-bond acceptors (Lipinski definition) is 1. The number of phenols is 1. The summed E-state index contributed by atoms with van der Waals surface area (Å²) in [5, 5.41) is 10.5. The summed E-state index contributed by atoms with van der Waals surface area (Å²) in [5.74, 6) is 0.577. The van der Waals surface area contributed by atoms with E-state index in [9.17, 15) is 5.11 Å². The highest BCUT2D eigenvalue weighted by atomic mass is 28.3. The molecule has 0 aliphatic heterocycles. The first-order chi connectivity index (χ1) is 9.87. The third-order valence-corrected chi connectivity index (χ3v) is 5.84. The topological polar surface area (TPSA) is 20.2 Å². The van der Waals surface area contributed by atoms with Crippen molar-refractivity contribution in [3.05, 3.63) is 28.8 Å². The number of aryl methyl sites for hydroxylation is 3. The lowest BCUT2D eigenvalue weighted by Gasteiger charge is -2.17. The Morgan fingerprint density at radius 2 is 1.33 bits per heavy atom. The number of unbranched alkanes of at least 4 members (excludes halogenated alkanes) is 2. The molecular weight excluding hydrogens is 272 g/mol. The maximum atomic E-state index is 10.5. The van der Waals surface area contributed by atoms with Gasteiger partial charge in [-0.15, -0.1) is 0 Å². The number of phenolic OH excluding ortho intramolecular Hbond substituents is 1. The average Bonchev–Trinajstić information content (AvgIpc) is 2.42. The molecule has 0 aromatic heterocycles. The number of aromatic hydroxyl groups is 1. The molecular formula is C19H34OSi. The van der Waals surface area contributed by atoms with Crippen molar-refractivity contribution in [3.8, 4) is 5.75 Å². The maximum absolute atomic E-state index is 10.5. The van der Waals surface area contributed by atoms with Crippen molar-refractivity contribution >= 4 is 8.07 Å². The molecule has 0 aliphatic rings. The standard InChI is InChI=1S/C19H34OSi/c1-6-8-10-17-14-16(12-13-21(3,4)5)15-18(19(17)20)11-9-7-2/h14-15,20H,6-13H2,1-5H3. The molecule has 120 valence electrons. The van der Waals surface area contributed by atoms with E-state index in [2.05, 4.69) is 45.6 Å². The fraction of sp³-hybridized carbons (Fsp3) is 0.684. The van der Waals surface area contributed by atoms with E-state index in [-0.39, 0.29) is 0 Å². The van der Waals surface area contributed by atoms with Crippen LogP contribution in [0.25, 0.3) is 0 Å². The second kappa shape index (κ2) is 8.62. The van der Waals surface area contributed by atoms with E-state index in [1.807, 2.05) is 0 Å². The van der Waals surface area contributed by atoms with Crippen LogP contribution < -0.4 is 0 Å². The molecule has 0 saturated heterocycles. The number of benzene rings is 1. The number of hydrogen-bond donors (Lipinski definition) is 1. The summed E-state index contributed by atoms with van der Waals surface area (Å²) in [6.45, 7) is 11.7. The highest BCUT2D eigenvalue weighted by molar-refractivity contribution is 6.76. The third-order valence-electron chi connectivity index (χ3n) is 4.09. The van der Waals surface area contributed by atoms with E-state index in [1.165, 1.54) is 42.0 Å². The van der Waals surface area contributed by atoms with Crippen molar-refractivity contribution in [1.82, 2.24) is 0 Å². The summed E-state index contributed by atoms with van der Waals surface area (Å²) in [4.78, 5) is 0. The summed E-state index contributed by atoms with van der Waals surface area (Å²) in [6, 6.07) is 5.86. The van der Waals surface area contributed by atoms with Gasteiger partial charge in [0.15, 0.2) is 0 Å². The van der Waals surface area contributed by atoms with Gasteiger partial charge >= 0.3 is 0 Å². The first-order valence-corrected chi connectivity index (χ1v) is 12.4. The molecule has 0 unspecified atom stereocenters. The highest BCUT2D eigenvalue weighted by Gasteiger charge is 2.15. The Balaban J connectivity index is 2.95. The Kier molecular flexibility index (Phi) is 7.51. The highest BCUT2D eigenvalue weighted by Crippen LogP contribution is 2.29. The van der Waals surface area contributed by atoms with E-state index in [0.717, 1.165) is 25.7 Å². The van der Waals surface area contributed by atoms with Gasteiger partial charge in [0.05, 0.1) is 0 Å². The molecule has 1 aromatic carbocycles. The maximum Gasteiger partial charge on any atom is 0.121 e. The lowest BCUT2D eigenvalue weighted by atomic mass is 9.96. The van der Waals surface area contributed by atoms with Crippen LogP contribution in [0.4, 0.5) is 0 Å². The first-order valence-electron chi connectivity index (χ1n) is 8.71. The van der Waals surface area contributed by atoms with Crippen molar-refractivity contribution in [3.63, 3.8) is 0 Å². The van der Waals surface area contributed by atoms with Gasteiger partial charge in [-0.3, -0.25) is 0 Å². The van der Waals surface area contributed by atoms with E-state index in [4.69, 9.17) is 0 Å². The van der Waals surface area contributed by atoms with Gasteiger partial charge in [-0.2, -0.15) is 0 Å². The lowest BCUT2D eigenvalue weighted by molar-refractivity contribution is 0.458. The molecule has 0 fully saturated rings. The molecule has 2 heteroatoms. The SMILES string of the molecule is CCCCc1cc(CC[Si](C)(C)C)cc(CCCC)c1O. The largest absolute Gasteiger partial charge is 0.507 e. The molecule has 1 aromatic rings. The minimum atomic E-state index is -1.00. The third kappa shape index (κ3) is 6.69. The molecule has 21 heavy (non-hydrogen) atoms. The summed E-state index contributed by atoms with van der Waals surface area (Å²) < 4.78 is 0. The zero-order chi connectivity index (χ0) is 15.9. The van der Waals surface area contributed by atoms with Crippen LogP contribution in [0.2, 0.25) is 25.7 Å². The summed E-state index contributed by atoms with van der Waals surface area (Å²) in [7, 11) is -1.00. The molecule has 0 bridgehead atoms. The molecule has 0 aliphatic carbocycles.